The summed E-state index contributed by atoms with van der Waals surface area (Å²) in [6.45, 7) is 0.957. The van der Waals surface area contributed by atoms with Crippen LogP contribution >= 0.6 is 0 Å². The van der Waals surface area contributed by atoms with E-state index in [1.165, 1.54) is 18.5 Å². The smallest absolute Gasteiger partial charge is 0.271 e. The Morgan fingerprint density at radius 1 is 0.962 bits per heavy atom. The molecular formula is C20H19FN4O. The maximum Gasteiger partial charge on any atom is 0.271 e. The molecule has 3 rings (SSSR count). The van der Waals surface area contributed by atoms with Gasteiger partial charge in [0.15, 0.2) is 0 Å². The lowest BCUT2D eigenvalue weighted by molar-refractivity contribution is 0.0948. The number of benzene rings is 2. The maximum absolute atomic E-state index is 13.5. The number of anilines is 1. The summed E-state index contributed by atoms with van der Waals surface area (Å²) in [6, 6.07) is 16.4. The van der Waals surface area contributed by atoms with Gasteiger partial charge in [-0.05, 0) is 23.6 Å². The Kier molecular flexibility index (Phi) is 5.88. The first-order chi connectivity index (χ1) is 12.7. The van der Waals surface area contributed by atoms with Crippen molar-refractivity contribution < 1.29 is 9.18 Å². The highest BCUT2D eigenvalue weighted by atomic mass is 19.1. The molecule has 6 heteroatoms. The number of aromatic nitrogens is 2. The number of carbonyl (C=O) groups is 1. The molecule has 0 fully saturated rings. The summed E-state index contributed by atoms with van der Waals surface area (Å²) < 4.78 is 13.5. The van der Waals surface area contributed by atoms with Crippen molar-refractivity contribution >= 4 is 11.7 Å². The van der Waals surface area contributed by atoms with Crippen molar-refractivity contribution in [2.45, 2.75) is 13.0 Å². The average Bonchev–Trinajstić information content (AvgIpc) is 2.69. The molecule has 1 heterocycles. The molecule has 0 bridgehead atoms. The molecule has 0 saturated carbocycles. The second-order valence-corrected chi connectivity index (χ2v) is 5.72. The first kappa shape index (κ1) is 17.5. The number of rotatable bonds is 7. The van der Waals surface area contributed by atoms with Crippen LogP contribution in [0.2, 0.25) is 0 Å². The third-order valence-corrected chi connectivity index (χ3v) is 3.84. The van der Waals surface area contributed by atoms with E-state index >= 15 is 0 Å². The summed E-state index contributed by atoms with van der Waals surface area (Å²) in [5.74, 6) is -0.00408. The minimum absolute atomic E-state index is 0.226. The molecule has 0 atom stereocenters. The maximum atomic E-state index is 13.5. The molecule has 1 aromatic heterocycles. The van der Waals surface area contributed by atoms with E-state index in [0.29, 0.717) is 30.9 Å². The van der Waals surface area contributed by atoms with Crippen LogP contribution in [0.15, 0.2) is 67.0 Å². The quantitative estimate of drug-likeness (QED) is 0.687. The van der Waals surface area contributed by atoms with Gasteiger partial charge < -0.3 is 10.6 Å². The lowest BCUT2D eigenvalue weighted by Gasteiger charge is -2.07. The Bertz CT molecular complexity index is 853. The van der Waals surface area contributed by atoms with Crippen LogP contribution in [0.5, 0.6) is 0 Å². The summed E-state index contributed by atoms with van der Waals surface area (Å²) in [5, 5.41) is 5.87. The van der Waals surface area contributed by atoms with Gasteiger partial charge in [0, 0.05) is 13.1 Å². The summed E-state index contributed by atoms with van der Waals surface area (Å²) in [7, 11) is 0. The topological polar surface area (TPSA) is 66.9 Å². The Morgan fingerprint density at radius 2 is 1.73 bits per heavy atom. The zero-order valence-electron chi connectivity index (χ0n) is 14.2. The van der Waals surface area contributed by atoms with Gasteiger partial charge in [-0.3, -0.25) is 4.79 Å². The number of hydrogen-bond acceptors (Lipinski definition) is 4. The predicted octanol–water partition coefficient (Wildman–Crippen LogP) is 3.20. The van der Waals surface area contributed by atoms with Crippen LogP contribution in [-0.4, -0.2) is 22.4 Å². The highest BCUT2D eigenvalue weighted by Crippen LogP contribution is 2.07. The molecule has 132 valence electrons. The fourth-order valence-corrected chi connectivity index (χ4v) is 2.43. The highest BCUT2D eigenvalue weighted by Gasteiger charge is 2.08. The van der Waals surface area contributed by atoms with Crippen molar-refractivity contribution in [3.63, 3.8) is 0 Å². The number of nitrogens with zero attached hydrogens (tertiary/aromatic N) is 2. The molecule has 1 amide bonds. The molecular weight excluding hydrogens is 331 g/mol. The number of halogens is 1. The van der Waals surface area contributed by atoms with E-state index in [-0.39, 0.29) is 17.4 Å². The summed E-state index contributed by atoms with van der Waals surface area (Å²) in [6.07, 6.45) is 3.36. The Balaban J connectivity index is 1.48. The van der Waals surface area contributed by atoms with Crippen LogP contribution in [0.3, 0.4) is 0 Å². The van der Waals surface area contributed by atoms with E-state index in [4.69, 9.17) is 0 Å². The first-order valence-electron chi connectivity index (χ1n) is 8.34. The molecule has 0 radical (unpaired) electrons. The van der Waals surface area contributed by atoms with Crippen LogP contribution in [0, 0.1) is 5.82 Å². The molecule has 3 aromatic rings. The average molecular weight is 350 g/mol. The minimum atomic E-state index is -0.330. The molecule has 5 nitrogen and oxygen atoms in total. The molecule has 0 spiro atoms. The van der Waals surface area contributed by atoms with E-state index in [0.717, 1.165) is 5.56 Å². The zero-order chi connectivity index (χ0) is 18.2. The second kappa shape index (κ2) is 8.71. The van der Waals surface area contributed by atoms with Crippen molar-refractivity contribution in [1.29, 1.82) is 0 Å². The number of amides is 1. The Labute approximate surface area is 151 Å². The Hall–Kier alpha value is -3.28. The van der Waals surface area contributed by atoms with Gasteiger partial charge in [0.25, 0.3) is 5.91 Å². The third-order valence-electron chi connectivity index (χ3n) is 3.84. The van der Waals surface area contributed by atoms with Gasteiger partial charge in [0.2, 0.25) is 0 Å². The molecule has 0 saturated heterocycles. The standard InChI is InChI=1S/C20H19FN4O/c21-17-9-5-4-8-16(17)10-11-22-20(26)18-13-25-19(14-23-18)24-12-15-6-2-1-3-7-15/h1-9,13-14H,10-12H2,(H,22,26)(H,24,25). The van der Waals surface area contributed by atoms with E-state index in [9.17, 15) is 9.18 Å². The van der Waals surface area contributed by atoms with E-state index in [1.54, 1.807) is 18.2 Å². The Morgan fingerprint density at radius 3 is 2.46 bits per heavy atom. The molecule has 0 aliphatic heterocycles. The van der Waals surface area contributed by atoms with E-state index < -0.39 is 0 Å². The summed E-state index contributed by atoms with van der Waals surface area (Å²) >= 11 is 0. The van der Waals surface area contributed by atoms with Crippen molar-refractivity contribution in [2.75, 3.05) is 11.9 Å². The van der Waals surface area contributed by atoms with Gasteiger partial charge in [-0.25, -0.2) is 14.4 Å². The monoisotopic (exact) mass is 350 g/mol. The van der Waals surface area contributed by atoms with Gasteiger partial charge >= 0.3 is 0 Å². The molecule has 0 aliphatic carbocycles. The van der Waals surface area contributed by atoms with Crippen LogP contribution in [-0.2, 0) is 13.0 Å². The van der Waals surface area contributed by atoms with E-state index in [2.05, 4.69) is 20.6 Å². The van der Waals surface area contributed by atoms with Gasteiger partial charge in [-0.2, -0.15) is 0 Å². The lowest BCUT2D eigenvalue weighted by Crippen LogP contribution is -2.27. The minimum Gasteiger partial charge on any atom is -0.365 e. The molecule has 2 aromatic carbocycles. The van der Waals surface area contributed by atoms with Crippen LogP contribution in [0.25, 0.3) is 0 Å². The van der Waals surface area contributed by atoms with Gasteiger partial charge in [-0.1, -0.05) is 48.5 Å². The van der Waals surface area contributed by atoms with Crippen molar-refractivity contribution in [2.24, 2.45) is 0 Å². The van der Waals surface area contributed by atoms with Gasteiger partial charge in [0.05, 0.1) is 12.4 Å². The first-order valence-corrected chi connectivity index (χ1v) is 8.34. The van der Waals surface area contributed by atoms with Gasteiger partial charge in [0.1, 0.15) is 17.3 Å². The number of nitrogens with one attached hydrogen (secondary N) is 2. The third kappa shape index (κ3) is 4.86. The normalized spacial score (nSPS) is 10.3. The van der Waals surface area contributed by atoms with Crippen molar-refractivity contribution in [3.8, 4) is 0 Å². The predicted molar refractivity (Wildman–Crippen MR) is 98.2 cm³/mol. The summed E-state index contributed by atoms with van der Waals surface area (Å²) in [4.78, 5) is 20.4. The van der Waals surface area contributed by atoms with Crippen LogP contribution in [0.4, 0.5) is 10.2 Å². The largest absolute Gasteiger partial charge is 0.365 e. The molecule has 26 heavy (non-hydrogen) atoms. The summed E-state index contributed by atoms with van der Waals surface area (Å²) in [5.41, 5.74) is 1.92. The lowest BCUT2D eigenvalue weighted by atomic mass is 10.1. The fraction of sp³-hybridized carbons (Fsp3) is 0.150. The zero-order valence-corrected chi connectivity index (χ0v) is 14.2. The highest BCUT2D eigenvalue weighted by molar-refractivity contribution is 5.91. The number of carbonyl (C=O) groups excluding carboxylic acids is 1. The molecule has 2 N–H and O–H groups in total. The number of hydrogen-bond donors (Lipinski definition) is 2. The second-order valence-electron chi connectivity index (χ2n) is 5.72. The van der Waals surface area contributed by atoms with Crippen molar-refractivity contribution in [1.82, 2.24) is 15.3 Å². The molecule has 0 aliphatic rings. The van der Waals surface area contributed by atoms with E-state index in [1.807, 2.05) is 30.3 Å². The fourth-order valence-electron chi connectivity index (χ4n) is 2.43. The van der Waals surface area contributed by atoms with Crippen LogP contribution in [0.1, 0.15) is 21.6 Å². The SMILES string of the molecule is O=C(NCCc1ccccc1F)c1cnc(NCc2ccccc2)cn1. The molecule has 0 unspecified atom stereocenters. The van der Waals surface area contributed by atoms with Crippen molar-refractivity contribution in [3.05, 3.63) is 89.6 Å². The van der Waals surface area contributed by atoms with Gasteiger partial charge in [-0.15, -0.1) is 0 Å². The van der Waals surface area contributed by atoms with Crippen LogP contribution < -0.4 is 10.6 Å².